The van der Waals surface area contributed by atoms with Gasteiger partial charge in [0.1, 0.15) is 0 Å². The van der Waals surface area contributed by atoms with Crippen molar-refractivity contribution in [2.75, 3.05) is 0 Å². The summed E-state index contributed by atoms with van der Waals surface area (Å²) in [4.78, 5) is 12.2. The molecule has 0 radical (unpaired) electrons. The van der Waals surface area contributed by atoms with Gasteiger partial charge in [-0.1, -0.05) is 38.3 Å². The Labute approximate surface area is 131 Å². The lowest BCUT2D eigenvalue weighted by Crippen LogP contribution is -2.38. The molecule has 110 valence electrons. The van der Waals surface area contributed by atoms with E-state index < -0.39 is 17.6 Å². The Morgan fingerprint density at radius 1 is 1.30 bits per heavy atom. The van der Waals surface area contributed by atoms with E-state index in [1.54, 1.807) is 0 Å². The monoisotopic (exact) mass is 413 g/mol. The van der Waals surface area contributed by atoms with Crippen LogP contribution in [0.3, 0.4) is 0 Å². The van der Waals surface area contributed by atoms with Crippen LogP contribution in [-0.4, -0.2) is 16.8 Å². The van der Waals surface area contributed by atoms with Crippen LogP contribution in [0.25, 0.3) is 0 Å². The van der Waals surface area contributed by atoms with Gasteiger partial charge < -0.3 is 5.32 Å². The van der Waals surface area contributed by atoms with Crippen LogP contribution in [-0.2, 0) is 6.18 Å². The van der Waals surface area contributed by atoms with E-state index in [1.165, 1.54) is 12.1 Å². The molecule has 0 bridgehead atoms. The summed E-state index contributed by atoms with van der Waals surface area (Å²) in [5.74, 6) is -0.679. The maximum absolute atomic E-state index is 13.0. The lowest BCUT2D eigenvalue weighted by atomic mass is 10.1. The molecule has 1 saturated carbocycles. The second-order valence-electron chi connectivity index (χ2n) is 4.71. The zero-order valence-corrected chi connectivity index (χ0v) is 13.5. The van der Waals surface area contributed by atoms with Gasteiger partial charge in [-0.2, -0.15) is 13.2 Å². The van der Waals surface area contributed by atoms with Crippen molar-refractivity contribution in [2.24, 2.45) is 0 Å². The minimum absolute atomic E-state index is 0.118. The number of amides is 1. The van der Waals surface area contributed by atoms with Crippen molar-refractivity contribution in [3.63, 3.8) is 0 Å². The lowest BCUT2D eigenvalue weighted by molar-refractivity contribution is -0.138. The molecule has 0 spiro atoms. The van der Waals surface area contributed by atoms with E-state index in [0.29, 0.717) is 4.47 Å². The quantitative estimate of drug-likeness (QED) is 0.708. The Kier molecular flexibility index (Phi) is 4.79. The van der Waals surface area contributed by atoms with E-state index in [9.17, 15) is 18.0 Å². The number of halogens is 5. The average Bonchev–Trinajstić information content (AvgIpc) is 2.73. The smallest absolute Gasteiger partial charge is 0.348 e. The van der Waals surface area contributed by atoms with Crippen LogP contribution in [0.4, 0.5) is 13.2 Å². The fourth-order valence-corrected chi connectivity index (χ4v) is 3.35. The van der Waals surface area contributed by atoms with Crippen molar-refractivity contribution in [1.82, 2.24) is 5.32 Å². The van der Waals surface area contributed by atoms with E-state index >= 15 is 0 Å². The van der Waals surface area contributed by atoms with Gasteiger partial charge in [0.25, 0.3) is 5.91 Å². The Morgan fingerprint density at radius 2 is 2.00 bits per heavy atom. The zero-order chi connectivity index (χ0) is 14.9. The van der Waals surface area contributed by atoms with Gasteiger partial charge in [-0.05, 0) is 31.0 Å². The first-order chi connectivity index (χ1) is 9.29. The van der Waals surface area contributed by atoms with Crippen molar-refractivity contribution in [2.45, 2.75) is 36.3 Å². The zero-order valence-electron chi connectivity index (χ0n) is 10.3. The van der Waals surface area contributed by atoms with Gasteiger partial charge in [-0.3, -0.25) is 4.79 Å². The molecular weight excluding hydrogens is 403 g/mol. The van der Waals surface area contributed by atoms with Crippen LogP contribution in [0, 0.1) is 0 Å². The third-order valence-corrected chi connectivity index (χ3v) is 4.87. The van der Waals surface area contributed by atoms with Crippen LogP contribution in [0.15, 0.2) is 22.7 Å². The highest BCUT2D eigenvalue weighted by molar-refractivity contribution is 9.10. The van der Waals surface area contributed by atoms with Crippen LogP contribution < -0.4 is 5.32 Å². The van der Waals surface area contributed by atoms with Gasteiger partial charge in [0.2, 0.25) is 0 Å². The Balaban J connectivity index is 2.25. The number of benzene rings is 1. The predicted octanol–water partition coefficient (Wildman–Crippen LogP) is 4.51. The van der Waals surface area contributed by atoms with Crippen molar-refractivity contribution < 1.29 is 18.0 Å². The number of carbonyl (C=O) groups excluding carboxylic acids is 1. The number of nitrogens with one attached hydrogen (secondary N) is 1. The Hall–Kier alpha value is -0.560. The van der Waals surface area contributed by atoms with Gasteiger partial charge in [0.15, 0.2) is 0 Å². The second-order valence-corrected chi connectivity index (χ2v) is 6.81. The molecule has 1 aromatic carbocycles. The first-order valence-electron chi connectivity index (χ1n) is 6.10. The molecule has 1 aliphatic rings. The maximum atomic E-state index is 13.0. The summed E-state index contributed by atoms with van der Waals surface area (Å²) in [6.07, 6.45) is -1.91. The fourth-order valence-electron chi connectivity index (χ4n) is 2.27. The predicted molar refractivity (Wildman–Crippen MR) is 77.0 cm³/mol. The molecule has 2 nitrogen and oxygen atoms in total. The summed E-state index contributed by atoms with van der Waals surface area (Å²) < 4.78 is 39.2. The van der Waals surface area contributed by atoms with Crippen molar-refractivity contribution in [3.05, 3.63) is 33.8 Å². The summed E-state index contributed by atoms with van der Waals surface area (Å²) in [5, 5.41) is 2.68. The highest BCUT2D eigenvalue weighted by atomic mass is 79.9. The normalized spacial score (nSPS) is 22.9. The molecule has 2 rings (SSSR count). The molecular formula is C13H12Br2F3NO. The maximum Gasteiger partial charge on any atom is 0.417 e. The molecule has 1 fully saturated rings. The van der Waals surface area contributed by atoms with Crippen molar-refractivity contribution in [3.8, 4) is 0 Å². The SMILES string of the molecule is O=C(NC1CCCC1Br)c1ccc(Br)cc1C(F)(F)F. The molecule has 0 saturated heterocycles. The molecule has 2 unspecified atom stereocenters. The van der Waals surface area contributed by atoms with E-state index in [2.05, 4.69) is 37.2 Å². The van der Waals surface area contributed by atoms with Gasteiger partial charge in [-0.15, -0.1) is 0 Å². The molecule has 1 aromatic rings. The number of rotatable bonds is 2. The summed E-state index contributed by atoms with van der Waals surface area (Å²) in [6.45, 7) is 0. The molecule has 7 heteroatoms. The van der Waals surface area contributed by atoms with Crippen molar-refractivity contribution in [1.29, 1.82) is 0 Å². The fraction of sp³-hybridized carbons (Fsp3) is 0.462. The van der Waals surface area contributed by atoms with Crippen LogP contribution in [0.1, 0.15) is 35.2 Å². The summed E-state index contributed by atoms with van der Waals surface area (Å²) in [6, 6.07) is 3.44. The molecule has 1 N–H and O–H groups in total. The minimum atomic E-state index is -4.56. The van der Waals surface area contributed by atoms with Crippen LogP contribution >= 0.6 is 31.9 Å². The first kappa shape index (κ1) is 15.8. The number of alkyl halides is 4. The molecule has 1 amide bonds. The molecule has 20 heavy (non-hydrogen) atoms. The highest BCUT2D eigenvalue weighted by Gasteiger charge is 2.36. The Morgan fingerprint density at radius 3 is 2.55 bits per heavy atom. The van der Waals surface area contributed by atoms with E-state index in [0.717, 1.165) is 25.3 Å². The summed E-state index contributed by atoms with van der Waals surface area (Å²) in [5.41, 5.74) is -1.26. The molecule has 0 aliphatic heterocycles. The molecule has 0 heterocycles. The van der Waals surface area contributed by atoms with Crippen LogP contribution in [0.2, 0.25) is 0 Å². The van der Waals surface area contributed by atoms with Gasteiger partial charge in [-0.25, -0.2) is 0 Å². The minimum Gasteiger partial charge on any atom is -0.348 e. The number of hydrogen-bond acceptors (Lipinski definition) is 1. The van der Waals surface area contributed by atoms with E-state index in [1.807, 2.05) is 0 Å². The second kappa shape index (κ2) is 6.05. The Bertz CT molecular complexity index is 519. The number of hydrogen-bond donors (Lipinski definition) is 1. The van der Waals surface area contributed by atoms with Gasteiger partial charge >= 0.3 is 6.18 Å². The summed E-state index contributed by atoms with van der Waals surface area (Å²) >= 11 is 6.43. The average molecular weight is 415 g/mol. The largest absolute Gasteiger partial charge is 0.417 e. The van der Waals surface area contributed by atoms with Crippen molar-refractivity contribution >= 4 is 37.8 Å². The summed E-state index contributed by atoms with van der Waals surface area (Å²) in [7, 11) is 0. The molecule has 1 aliphatic carbocycles. The molecule has 0 aromatic heterocycles. The standard InChI is InChI=1S/C13H12Br2F3NO/c14-7-4-5-8(9(6-7)13(16,17)18)12(20)19-11-3-1-2-10(11)15/h4-6,10-11H,1-3H2,(H,19,20). The van der Waals surface area contributed by atoms with E-state index in [-0.39, 0.29) is 16.4 Å². The third-order valence-electron chi connectivity index (χ3n) is 3.28. The first-order valence-corrected chi connectivity index (χ1v) is 7.81. The molecule has 2 atom stereocenters. The van der Waals surface area contributed by atoms with Gasteiger partial charge in [0, 0.05) is 15.3 Å². The van der Waals surface area contributed by atoms with Crippen LogP contribution in [0.5, 0.6) is 0 Å². The number of carbonyl (C=O) groups is 1. The highest BCUT2D eigenvalue weighted by Crippen LogP contribution is 2.34. The topological polar surface area (TPSA) is 29.1 Å². The third kappa shape index (κ3) is 3.55. The van der Waals surface area contributed by atoms with Gasteiger partial charge in [0.05, 0.1) is 11.1 Å². The van der Waals surface area contributed by atoms with E-state index in [4.69, 9.17) is 0 Å². The lowest BCUT2D eigenvalue weighted by Gasteiger charge is -2.18.